The Morgan fingerprint density at radius 3 is 2.50 bits per heavy atom. The first-order valence-corrected chi connectivity index (χ1v) is 9.71. The van der Waals surface area contributed by atoms with E-state index in [-0.39, 0.29) is 6.04 Å². The molecule has 1 aliphatic heterocycles. The van der Waals surface area contributed by atoms with Crippen LogP contribution in [0.1, 0.15) is 59.3 Å². The summed E-state index contributed by atoms with van der Waals surface area (Å²) in [7, 11) is 0. The lowest BCUT2D eigenvalue weighted by Crippen LogP contribution is -2.33. The molecule has 28 heavy (non-hydrogen) atoms. The first-order valence-electron chi connectivity index (χ1n) is 9.71. The number of nitriles is 1. The van der Waals surface area contributed by atoms with E-state index in [1.807, 2.05) is 36.2 Å². The molecule has 1 aliphatic carbocycles. The Balaban J connectivity index is 1.68. The molecule has 1 amide bonds. The summed E-state index contributed by atoms with van der Waals surface area (Å²) in [5.74, 6) is 0.948. The summed E-state index contributed by atoms with van der Waals surface area (Å²) in [6, 6.07) is 13.5. The summed E-state index contributed by atoms with van der Waals surface area (Å²) in [5.41, 5.74) is 9.15. The fraction of sp³-hybridized carbons (Fsp3) is 0.364. The minimum Gasteiger partial charge on any atom is -0.366 e. The van der Waals surface area contributed by atoms with Crippen molar-refractivity contribution in [1.29, 1.82) is 5.26 Å². The molecule has 4 rings (SSSR count). The first kappa shape index (κ1) is 18.2. The highest BCUT2D eigenvalue weighted by Gasteiger charge is 2.36. The average Bonchev–Trinajstić information content (AvgIpc) is 3.37. The number of nitrogens with two attached hydrogens (primary N) is 1. The van der Waals surface area contributed by atoms with Gasteiger partial charge in [-0.15, -0.1) is 0 Å². The van der Waals surface area contributed by atoms with Gasteiger partial charge in [-0.2, -0.15) is 10.4 Å². The molecule has 142 valence electrons. The standard InChI is InChI=1S/C22H23N5O/c1-14-18(13-23)10-11-21(25-14)27-20(16-4-2-3-5-16)12-19(26-27)15-6-8-17(9-7-15)22(24)28/h6-11,16,20H,2-5,12H2,1H3,(H2,24,28)/t20-/m1/s1. The molecular formula is C22H23N5O. The fourth-order valence-corrected chi connectivity index (χ4v) is 4.26. The predicted octanol–water partition coefficient (Wildman–Crippen LogP) is 3.53. The van der Waals surface area contributed by atoms with Crippen molar-refractivity contribution in [3.05, 3.63) is 58.8 Å². The molecule has 6 nitrogen and oxygen atoms in total. The van der Waals surface area contributed by atoms with E-state index in [1.165, 1.54) is 25.7 Å². The van der Waals surface area contributed by atoms with Crippen molar-refractivity contribution >= 4 is 17.4 Å². The summed E-state index contributed by atoms with van der Waals surface area (Å²) < 4.78 is 0. The molecule has 0 unspecified atom stereocenters. The number of primary amides is 1. The van der Waals surface area contributed by atoms with Crippen molar-refractivity contribution in [2.45, 2.75) is 45.1 Å². The number of aryl methyl sites for hydroxylation is 1. The number of hydrazone groups is 1. The molecule has 0 saturated heterocycles. The normalized spacial score (nSPS) is 19.5. The van der Waals surface area contributed by atoms with Gasteiger partial charge >= 0.3 is 0 Å². The van der Waals surface area contributed by atoms with Crippen LogP contribution in [0.4, 0.5) is 5.82 Å². The largest absolute Gasteiger partial charge is 0.366 e. The number of rotatable bonds is 4. The number of benzene rings is 1. The van der Waals surface area contributed by atoms with Crippen LogP contribution in [0.2, 0.25) is 0 Å². The Bertz CT molecular complexity index is 967. The molecule has 1 aromatic heterocycles. The molecule has 0 radical (unpaired) electrons. The summed E-state index contributed by atoms with van der Waals surface area (Å²) in [6.07, 6.45) is 5.79. The van der Waals surface area contributed by atoms with Crippen LogP contribution < -0.4 is 10.7 Å². The SMILES string of the molecule is Cc1nc(N2N=C(c3ccc(C(N)=O)cc3)C[C@@H]2C2CCCC2)ccc1C#N. The Morgan fingerprint density at radius 2 is 1.89 bits per heavy atom. The maximum Gasteiger partial charge on any atom is 0.248 e. The average molecular weight is 373 g/mol. The number of hydrogen-bond acceptors (Lipinski definition) is 5. The van der Waals surface area contributed by atoms with E-state index in [1.54, 1.807) is 12.1 Å². The Hall–Kier alpha value is -3.20. The van der Waals surface area contributed by atoms with Crippen molar-refractivity contribution in [3.8, 4) is 6.07 Å². The second-order valence-corrected chi connectivity index (χ2v) is 7.56. The quantitative estimate of drug-likeness (QED) is 0.887. The molecule has 1 atom stereocenters. The van der Waals surface area contributed by atoms with Gasteiger partial charge in [0.15, 0.2) is 0 Å². The lowest BCUT2D eigenvalue weighted by atomic mass is 9.92. The third-order valence-corrected chi connectivity index (χ3v) is 5.82. The number of hydrogen-bond donors (Lipinski definition) is 1. The van der Waals surface area contributed by atoms with Gasteiger partial charge < -0.3 is 5.73 Å². The van der Waals surface area contributed by atoms with Gasteiger partial charge in [0.1, 0.15) is 11.9 Å². The van der Waals surface area contributed by atoms with E-state index in [9.17, 15) is 10.1 Å². The van der Waals surface area contributed by atoms with Crippen molar-refractivity contribution < 1.29 is 4.79 Å². The van der Waals surface area contributed by atoms with E-state index < -0.39 is 5.91 Å². The van der Waals surface area contributed by atoms with Crippen molar-refractivity contribution in [2.75, 3.05) is 5.01 Å². The van der Waals surface area contributed by atoms with Crippen molar-refractivity contribution in [3.63, 3.8) is 0 Å². The zero-order chi connectivity index (χ0) is 19.7. The van der Waals surface area contributed by atoms with Crippen LogP contribution in [0.5, 0.6) is 0 Å². The van der Waals surface area contributed by atoms with Crippen LogP contribution in [0.3, 0.4) is 0 Å². The van der Waals surface area contributed by atoms with E-state index in [4.69, 9.17) is 10.8 Å². The lowest BCUT2D eigenvalue weighted by molar-refractivity contribution is 0.100. The number of amides is 1. The molecule has 2 aromatic rings. The Kier molecular flexibility index (Phi) is 4.82. The lowest BCUT2D eigenvalue weighted by Gasteiger charge is -2.27. The van der Waals surface area contributed by atoms with Crippen molar-refractivity contribution in [1.82, 2.24) is 4.98 Å². The van der Waals surface area contributed by atoms with Gasteiger partial charge in [0.2, 0.25) is 5.91 Å². The molecule has 0 bridgehead atoms. The van der Waals surface area contributed by atoms with Gasteiger partial charge in [-0.3, -0.25) is 4.79 Å². The molecule has 2 N–H and O–H groups in total. The van der Waals surface area contributed by atoms with Gasteiger partial charge in [0.05, 0.1) is 23.0 Å². The number of carbonyl (C=O) groups is 1. The van der Waals surface area contributed by atoms with Crippen LogP contribution in [0.15, 0.2) is 41.5 Å². The molecule has 1 saturated carbocycles. The minimum absolute atomic E-state index is 0.271. The van der Waals surface area contributed by atoms with E-state index in [2.05, 4.69) is 11.1 Å². The Morgan fingerprint density at radius 1 is 1.18 bits per heavy atom. The smallest absolute Gasteiger partial charge is 0.248 e. The monoisotopic (exact) mass is 373 g/mol. The molecule has 2 heterocycles. The van der Waals surface area contributed by atoms with Crippen LogP contribution in [-0.2, 0) is 0 Å². The summed E-state index contributed by atoms with van der Waals surface area (Å²) in [5, 5.41) is 16.1. The van der Waals surface area contributed by atoms with Crippen LogP contribution in [0, 0.1) is 24.2 Å². The molecule has 2 aliphatic rings. The summed E-state index contributed by atoms with van der Waals surface area (Å²) in [6.45, 7) is 1.86. The maximum absolute atomic E-state index is 11.3. The highest BCUT2D eigenvalue weighted by atomic mass is 16.1. The maximum atomic E-state index is 11.3. The molecule has 6 heteroatoms. The molecule has 0 spiro atoms. The van der Waals surface area contributed by atoms with Crippen LogP contribution in [-0.4, -0.2) is 22.6 Å². The molecular weight excluding hydrogens is 350 g/mol. The van der Waals surface area contributed by atoms with Gasteiger partial charge in [-0.25, -0.2) is 9.99 Å². The third kappa shape index (κ3) is 3.36. The minimum atomic E-state index is -0.428. The topological polar surface area (TPSA) is 95.4 Å². The highest BCUT2D eigenvalue weighted by Crippen LogP contribution is 2.37. The summed E-state index contributed by atoms with van der Waals surface area (Å²) in [4.78, 5) is 16.0. The number of nitrogens with zero attached hydrogens (tertiary/aromatic N) is 4. The van der Waals surface area contributed by atoms with Gasteiger partial charge in [-0.05, 0) is 55.5 Å². The molecule has 1 aromatic carbocycles. The van der Waals surface area contributed by atoms with Crippen LogP contribution >= 0.6 is 0 Å². The predicted molar refractivity (Wildman–Crippen MR) is 108 cm³/mol. The van der Waals surface area contributed by atoms with E-state index in [0.717, 1.165) is 29.2 Å². The summed E-state index contributed by atoms with van der Waals surface area (Å²) >= 11 is 0. The highest BCUT2D eigenvalue weighted by molar-refractivity contribution is 6.04. The fourth-order valence-electron chi connectivity index (χ4n) is 4.26. The zero-order valence-corrected chi connectivity index (χ0v) is 15.9. The Labute approximate surface area is 164 Å². The second kappa shape index (κ2) is 7.43. The number of pyridine rings is 1. The van der Waals surface area contributed by atoms with Crippen LogP contribution in [0.25, 0.3) is 0 Å². The number of aromatic nitrogens is 1. The number of anilines is 1. The number of carbonyl (C=O) groups excluding carboxylic acids is 1. The molecule has 1 fully saturated rings. The van der Waals surface area contributed by atoms with E-state index in [0.29, 0.717) is 17.0 Å². The second-order valence-electron chi connectivity index (χ2n) is 7.56. The third-order valence-electron chi connectivity index (χ3n) is 5.82. The van der Waals surface area contributed by atoms with Gasteiger partial charge in [0.25, 0.3) is 0 Å². The van der Waals surface area contributed by atoms with Gasteiger partial charge in [0, 0.05) is 12.0 Å². The zero-order valence-electron chi connectivity index (χ0n) is 15.9. The van der Waals surface area contributed by atoms with Gasteiger partial charge in [-0.1, -0.05) is 25.0 Å². The van der Waals surface area contributed by atoms with Crippen molar-refractivity contribution in [2.24, 2.45) is 16.8 Å². The van der Waals surface area contributed by atoms with E-state index >= 15 is 0 Å². The first-order chi connectivity index (χ1) is 13.6.